The molecule has 0 amide bonds. The van der Waals surface area contributed by atoms with Crippen molar-refractivity contribution in [3.8, 4) is 11.8 Å². The number of rotatable bonds is 2. The van der Waals surface area contributed by atoms with Gasteiger partial charge in [0.05, 0.1) is 0 Å². The van der Waals surface area contributed by atoms with Gasteiger partial charge in [-0.1, -0.05) is 11.8 Å². The van der Waals surface area contributed by atoms with Gasteiger partial charge in [0.2, 0.25) is 0 Å². The molecule has 0 radical (unpaired) electrons. The van der Waals surface area contributed by atoms with E-state index in [1.54, 1.807) is 13.8 Å². The highest BCUT2D eigenvalue weighted by Crippen LogP contribution is 1.90. The van der Waals surface area contributed by atoms with Crippen LogP contribution in [-0.4, -0.2) is 22.8 Å². The summed E-state index contributed by atoms with van der Waals surface area (Å²) < 4.78 is 10.1. The normalized spacial score (nSPS) is 10.7. The second kappa shape index (κ2) is 6.81. The molecular weight excluding hydrogens is 204 g/mol. The average molecular weight is 216 g/mol. The van der Waals surface area contributed by atoms with E-state index in [1.807, 2.05) is 6.92 Å². The van der Waals surface area contributed by atoms with Gasteiger partial charge in [-0.05, 0) is 31.4 Å². The van der Waals surface area contributed by atoms with Crippen LogP contribution in [0.15, 0.2) is 0 Å². The van der Waals surface area contributed by atoms with Gasteiger partial charge in [0, 0.05) is 13.8 Å². The third-order valence-corrected chi connectivity index (χ3v) is 1.21. The fraction of sp³-hybridized carbons (Fsp3) is 0.556. The lowest BCUT2D eigenvalue weighted by Gasteiger charge is -2.05. The van der Waals surface area contributed by atoms with Crippen molar-refractivity contribution in [2.24, 2.45) is 0 Å². The number of hydrogen-bond acceptors (Lipinski definition) is 4. The summed E-state index contributed by atoms with van der Waals surface area (Å²) in [5.74, 6) is 5.60. The number of thiocarbonyl (C=S) groups is 2. The van der Waals surface area contributed by atoms with Crippen molar-refractivity contribution in [2.45, 2.75) is 26.9 Å². The molecule has 0 fully saturated rings. The predicted octanol–water partition coefficient (Wildman–Crippen LogP) is 2.11. The van der Waals surface area contributed by atoms with Gasteiger partial charge < -0.3 is 9.47 Å². The van der Waals surface area contributed by atoms with Crippen molar-refractivity contribution in [3.63, 3.8) is 0 Å². The van der Waals surface area contributed by atoms with E-state index >= 15 is 0 Å². The predicted molar refractivity (Wildman–Crippen MR) is 60.8 cm³/mol. The van der Waals surface area contributed by atoms with E-state index in [-0.39, 0.29) is 6.10 Å². The average Bonchev–Trinajstić information content (AvgIpc) is 1.96. The molecule has 0 saturated carbocycles. The summed E-state index contributed by atoms with van der Waals surface area (Å²) in [6.45, 7) is 5.55. The van der Waals surface area contributed by atoms with Crippen LogP contribution in [0.2, 0.25) is 0 Å². The second-order valence-corrected chi connectivity index (χ2v) is 3.50. The molecule has 4 heteroatoms. The smallest absolute Gasteiger partial charge is 0.158 e. The van der Waals surface area contributed by atoms with Gasteiger partial charge in [0.25, 0.3) is 0 Å². The van der Waals surface area contributed by atoms with Gasteiger partial charge >= 0.3 is 0 Å². The van der Waals surface area contributed by atoms with Crippen LogP contribution < -0.4 is 0 Å². The van der Waals surface area contributed by atoms with Crippen LogP contribution in [-0.2, 0) is 9.47 Å². The van der Waals surface area contributed by atoms with Crippen LogP contribution in [0.5, 0.6) is 0 Å². The summed E-state index contributed by atoms with van der Waals surface area (Å²) in [6, 6.07) is 0. The molecule has 13 heavy (non-hydrogen) atoms. The molecular formula is C9H12O2S2. The van der Waals surface area contributed by atoms with Crippen LogP contribution >= 0.6 is 24.4 Å². The topological polar surface area (TPSA) is 18.5 Å². The minimum Gasteiger partial charge on any atom is -0.475 e. The van der Waals surface area contributed by atoms with E-state index in [0.29, 0.717) is 16.7 Å². The zero-order chi connectivity index (χ0) is 10.3. The van der Waals surface area contributed by atoms with Crippen LogP contribution in [0, 0.1) is 11.8 Å². The van der Waals surface area contributed by atoms with E-state index in [2.05, 4.69) is 11.8 Å². The monoisotopic (exact) mass is 216 g/mol. The van der Waals surface area contributed by atoms with Crippen molar-refractivity contribution >= 4 is 34.5 Å². The first-order valence-electron chi connectivity index (χ1n) is 3.81. The van der Waals surface area contributed by atoms with Gasteiger partial charge in [-0.2, -0.15) is 0 Å². The zero-order valence-corrected chi connectivity index (χ0v) is 9.55. The summed E-state index contributed by atoms with van der Waals surface area (Å²) in [5, 5.41) is 0.989. The van der Waals surface area contributed by atoms with Crippen LogP contribution in [0.4, 0.5) is 0 Å². The molecule has 2 nitrogen and oxygen atoms in total. The third-order valence-electron chi connectivity index (χ3n) is 0.996. The highest BCUT2D eigenvalue weighted by molar-refractivity contribution is 7.80. The van der Waals surface area contributed by atoms with Crippen LogP contribution in [0.1, 0.15) is 20.8 Å². The zero-order valence-electron chi connectivity index (χ0n) is 7.92. The molecule has 0 aliphatic carbocycles. The quantitative estimate of drug-likeness (QED) is 0.519. The summed E-state index contributed by atoms with van der Waals surface area (Å²) >= 11 is 9.45. The lowest BCUT2D eigenvalue weighted by atomic mass is 10.4. The van der Waals surface area contributed by atoms with E-state index in [0.717, 1.165) is 0 Å². The Kier molecular flexibility index (Phi) is 6.47. The Balaban J connectivity index is 3.69. The molecule has 1 atom stereocenters. The minimum absolute atomic E-state index is 0.188. The van der Waals surface area contributed by atoms with Gasteiger partial charge in [-0.15, -0.1) is 0 Å². The summed E-state index contributed by atoms with van der Waals surface area (Å²) in [4.78, 5) is 0. The molecule has 0 aromatic carbocycles. The molecule has 0 aromatic rings. The van der Waals surface area contributed by atoms with Crippen molar-refractivity contribution < 1.29 is 9.47 Å². The van der Waals surface area contributed by atoms with Crippen molar-refractivity contribution in [2.75, 3.05) is 6.61 Å². The fourth-order valence-electron chi connectivity index (χ4n) is 0.602. The van der Waals surface area contributed by atoms with Crippen molar-refractivity contribution in [1.82, 2.24) is 0 Å². The standard InChI is InChI=1S/C9H12O2S2/c1-7(11-9(3)13)5-4-6-10-8(2)12/h7H,6H2,1-3H3. The fourth-order valence-corrected chi connectivity index (χ4v) is 0.805. The summed E-state index contributed by atoms with van der Waals surface area (Å²) in [5.41, 5.74) is 0. The minimum atomic E-state index is -0.188. The molecule has 0 rings (SSSR count). The third kappa shape index (κ3) is 9.25. The van der Waals surface area contributed by atoms with E-state index in [9.17, 15) is 0 Å². The molecule has 0 spiro atoms. The Morgan fingerprint density at radius 1 is 1.31 bits per heavy atom. The molecule has 0 aromatic heterocycles. The van der Waals surface area contributed by atoms with Crippen molar-refractivity contribution in [1.29, 1.82) is 0 Å². The van der Waals surface area contributed by atoms with Crippen LogP contribution in [0.25, 0.3) is 0 Å². The SMILES string of the molecule is CC(=S)OCC#CC(C)OC(C)=S. The summed E-state index contributed by atoms with van der Waals surface area (Å²) in [6.07, 6.45) is -0.188. The summed E-state index contributed by atoms with van der Waals surface area (Å²) in [7, 11) is 0. The molecule has 1 unspecified atom stereocenters. The van der Waals surface area contributed by atoms with Gasteiger partial charge in [-0.3, -0.25) is 0 Å². The Hall–Kier alpha value is -0.660. The number of hydrogen-bond donors (Lipinski definition) is 0. The Morgan fingerprint density at radius 2 is 1.92 bits per heavy atom. The molecule has 0 saturated heterocycles. The van der Waals surface area contributed by atoms with E-state index in [4.69, 9.17) is 33.9 Å². The molecule has 72 valence electrons. The molecule has 0 aliphatic rings. The largest absolute Gasteiger partial charge is 0.475 e. The van der Waals surface area contributed by atoms with Gasteiger partial charge in [0.15, 0.2) is 16.2 Å². The Labute approximate surface area is 89.6 Å². The molecule has 0 N–H and O–H groups in total. The van der Waals surface area contributed by atoms with Gasteiger partial charge in [-0.25, -0.2) is 0 Å². The first kappa shape index (κ1) is 12.3. The van der Waals surface area contributed by atoms with Gasteiger partial charge in [0.1, 0.15) is 6.61 Å². The van der Waals surface area contributed by atoms with E-state index < -0.39 is 0 Å². The first-order valence-corrected chi connectivity index (χ1v) is 4.63. The Morgan fingerprint density at radius 3 is 2.38 bits per heavy atom. The molecule has 0 bridgehead atoms. The van der Waals surface area contributed by atoms with Crippen LogP contribution in [0.3, 0.4) is 0 Å². The maximum atomic E-state index is 5.13. The molecule has 0 aliphatic heterocycles. The first-order chi connectivity index (χ1) is 6.02. The van der Waals surface area contributed by atoms with Crippen molar-refractivity contribution in [3.05, 3.63) is 0 Å². The molecule has 0 heterocycles. The maximum absolute atomic E-state index is 5.13. The highest BCUT2D eigenvalue weighted by Gasteiger charge is 1.95. The number of ether oxygens (including phenoxy) is 2. The lowest BCUT2D eigenvalue weighted by Crippen LogP contribution is -2.08. The lowest BCUT2D eigenvalue weighted by molar-refractivity contribution is 0.270. The van der Waals surface area contributed by atoms with E-state index in [1.165, 1.54) is 0 Å². The Bertz CT molecular complexity index is 250. The highest BCUT2D eigenvalue weighted by atomic mass is 32.1. The second-order valence-electron chi connectivity index (χ2n) is 2.35. The maximum Gasteiger partial charge on any atom is 0.158 e.